The summed E-state index contributed by atoms with van der Waals surface area (Å²) in [4.78, 5) is -0.759. The first-order valence-electron chi connectivity index (χ1n) is 6.75. The molecule has 26 heavy (non-hydrogen) atoms. The van der Waals surface area contributed by atoms with E-state index in [0.29, 0.717) is 16.5 Å². The van der Waals surface area contributed by atoms with Crippen molar-refractivity contribution in [2.75, 3.05) is 0 Å². The smallest absolute Gasteiger partial charge is 0.872 e. The van der Waals surface area contributed by atoms with Gasteiger partial charge in [0.05, 0.1) is 16.3 Å². The summed E-state index contributed by atoms with van der Waals surface area (Å²) in [5.74, 6) is -1.14. The van der Waals surface area contributed by atoms with Crippen molar-refractivity contribution in [3.8, 4) is 11.5 Å². The first kappa shape index (κ1) is 23.1. The molecular weight excluding hydrogens is 378 g/mol. The average molecular weight is 388 g/mol. The van der Waals surface area contributed by atoms with E-state index in [1.54, 1.807) is 24.3 Å². The van der Waals surface area contributed by atoms with Crippen LogP contribution in [0.15, 0.2) is 69.7 Å². The van der Waals surface area contributed by atoms with Crippen molar-refractivity contribution in [3.05, 3.63) is 54.6 Å². The van der Waals surface area contributed by atoms with Crippen molar-refractivity contribution < 1.29 is 82.3 Å². The second kappa shape index (κ2) is 9.29. The van der Waals surface area contributed by atoms with Crippen LogP contribution in [0.3, 0.4) is 0 Å². The van der Waals surface area contributed by atoms with Crippen LogP contribution in [0, 0.1) is 0 Å². The van der Waals surface area contributed by atoms with E-state index in [1.807, 2.05) is 0 Å². The second-order valence-corrected chi connectivity index (χ2v) is 6.33. The molecule has 122 valence electrons. The molecule has 0 amide bonds. The van der Waals surface area contributed by atoms with Gasteiger partial charge >= 0.3 is 59.1 Å². The number of hydrogen-bond acceptors (Lipinski definition) is 6. The van der Waals surface area contributed by atoms with Gasteiger partial charge in [-0.15, -0.1) is 5.75 Å². The molecule has 0 radical (unpaired) electrons. The fourth-order valence-electron chi connectivity index (χ4n) is 2.20. The number of azo groups is 1. The van der Waals surface area contributed by atoms with Crippen LogP contribution < -0.4 is 69.3 Å². The predicted octanol–water partition coefficient (Wildman–Crippen LogP) is -3.34. The Hall–Kier alpha value is -0.970. The van der Waals surface area contributed by atoms with E-state index in [0.717, 1.165) is 6.07 Å². The minimum absolute atomic E-state index is 0. The topological polar surface area (TPSA) is 125 Å². The van der Waals surface area contributed by atoms with Crippen LogP contribution in [0.4, 0.5) is 11.4 Å². The molecule has 0 saturated carbocycles. The summed E-state index contributed by atoms with van der Waals surface area (Å²) >= 11 is 0. The summed E-state index contributed by atoms with van der Waals surface area (Å²) in [7, 11) is -4.69. The van der Waals surface area contributed by atoms with Crippen LogP contribution in [0.5, 0.6) is 11.5 Å². The maximum absolute atomic E-state index is 12.4. The van der Waals surface area contributed by atoms with Gasteiger partial charge in [0, 0.05) is 5.39 Å². The predicted molar refractivity (Wildman–Crippen MR) is 83.3 cm³/mol. The molecule has 3 rings (SSSR count). The van der Waals surface area contributed by atoms with Crippen LogP contribution in [-0.4, -0.2) is 13.0 Å². The van der Waals surface area contributed by atoms with Crippen LogP contribution in [0.1, 0.15) is 0 Å². The maximum Gasteiger partial charge on any atom is 1.00 e. The van der Waals surface area contributed by atoms with Crippen LogP contribution >= 0.6 is 0 Å². The van der Waals surface area contributed by atoms with Crippen molar-refractivity contribution in [2.45, 2.75) is 4.90 Å². The third-order valence-corrected chi connectivity index (χ3v) is 4.18. The zero-order chi connectivity index (χ0) is 17.3. The molecule has 7 nitrogen and oxygen atoms in total. The van der Waals surface area contributed by atoms with Gasteiger partial charge in [0.1, 0.15) is 0 Å². The minimum atomic E-state index is -4.69. The minimum Gasteiger partial charge on any atom is -0.872 e. The van der Waals surface area contributed by atoms with Crippen molar-refractivity contribution in [1.82, 2.24) is 0 Å². The van der Waals surface area contributed by atoms with Gasteiger partial charge in [0.25, 0.3) is 10.1 Å². The van der Waals surface area contributed by atoms with Crippen molar-refractivity contribution in [3.63, 3.8) is 0 Å². The number of rotatable bonds is 3. The zero-order valence-corrected chi connectivity index (χ0v) is 18.9. The number of benzene rings is 3. The Kier molecular flexibility index (Phi) is 8.25. The fourth-order valence-corrected chi connectivity index (χ4v) is 2.80. The van der Waals surface area contributed by atoms with Gasteiger partial charge in [-0.25, -0.2) is 0 Å². The van der Waals surface area contributed by atoms with E-state index >= 15 is 0 Å². The van der Waals surface area contributed by atoms with Gasteiger partial charge in [0.15, 0.2) is 0 Å². The summed E-state index contributed by atoms with van der Waals surface area (Å²) in [6, 6.07) is 13.0. The SMILES string of the molecule is O=S(=O)(O)c1cc2ccccc2c(N=Nc2ccc([O-])cc2)c1[O-].[Na+].[Na+]. The third kappa shape index (κ3) is 5.05. The molecule has 0 aromatic heterocycles. The van der Waals surface area contributed by atoms with E-state index in [-0.39, 0.29) is 70.6 Å². The van der Waals surface area contributed by atoms with Crippen molar-refractivity contribution >= 4 is 32.3 Å². The molecule has 0 fully saturated rings. The zero-order valence-electron chi connectivity index (χ0n) is 14.1. The molecule has 0 aliphatic heterocycles. The van der Waals surface area contributed by atoms with E-state index in [1.165, 1.54) is 24.3 Å². The Morgan fingerprint density at radius 1 is 0.885 bits per heavy atom. The third-order valence-electron chi connectivity index (χ3n) is 3.32. The summed E-state index contributed by atoms with van der Waals surface area (Å²) in [5, 5.41) is 32.0. The first-order valence-corrected chi connectivity index (χ1v) is 8.19. The van der Waals surface area contributed by atoms with Crippen molar-refractivity contribution in [2.24, 2.45) is 10.2 Å². The van der Waals surface area contributed by atoms with E-state index < -0.39 is 20.8 Å². The van der Waals surface area contributed by atoms with E-state index in [2.05, 4.69) is 10.2 Å². The summed E-state index contributed by atoms with van der Waals surface area (Å²) in [6.07, 6.45) is 0. The first-order chi connectivity index (χ1) is 11.4. The molecule has 0 saturated heterocycles. The van der Waals surface area contributed by atoms with E-state index in [4.69, 9.17) is 0 Å². The van der Waals surface area contributed by atoms with Crippen LogP contribution in [-0.2, 0) is 10.1 Å². The molecule has 0 aliphatic rings. The molecule has 0 atom stereocenters. The number of nitrogens with zero attached hydrogens (tertiary/aromatic N) is 2. The summed E-state index contributed by atoms with van der Waals surface area (Å²) in [6.45, 7) is 0. The van der Waals surface area contributed by atoms with Crippen LogP contribution in [0.2, 0.25) is 0 Å². The number of fused-ring (bicyclic) bond motifs is 1. The molecule has 0 spiro atoms. The van der Waals surface area contributed by atoms with Gasteiger partial charge < -0.3 is 10.2 Å². The molecule has 0 bridgehead atoms. The quantitative estimate of drug-likeness (QED) is 0.285. The van der Waals surface area contributed by atoms with Gasteiger partial charge in [-0.1, -0.05) is 42.1 Å². The number of hydrogen-bond donors (Lipinski definition) is 1. The Morgan fingerprint density at radius 2 is 1.50 bits per heavy atom. The standard InChI is InChI=1S/C16H12N2O5S.2Na/c19-12-7-5-11(6-8-12)17-18-15-13-4-2-1-3-10(13)9-14(16(15)20)24(21,22)23;;/h1-9,19-20H,(H,21,22,23);;/q;2*+1/p-2. The summed E-state index contributed by atoms with van der Waals surface area (Å²) < 4.78 is 32.1. The Balaban J connectivity index is 0.00000169. The Morgan fingerprint density at radius 3 is 2.12 bits per heavy atom. The molecule has 1 N–H and O–H groups in total. The largest absolute Gasteiger partial charge is 1.00 e. The van der Waals surface area contributed by atoms with Gasteiger partial charge in [-0.3, -0.25) is 4.55 Å². The molecule has 0 aliphatic carbocycles. The van der Waals surface area contributed by atoms with Gasteiger partial charge in [0.2, 0.25) is 0 Å². The van der Waals surface area contributed by atoms with Gasteiger partial charge in [-0.2, -0.15) is 18.6 Å². The summed E-state index contributed by atoms with van der Waals surface area (Å²) in [5.41, 5.74) is 0.127. The normalized spacial score (nSPS) is 11.1. The Bertz CT molecular complexity index is 1050. The van der Waals surface area contributed by atoms with E-state index in [9.17, 15) is 23.2 Å². The maximum atomic E-state index is 12.4. The molecule has 0 heterocycles. The fraction of sp³-hybridized carbons (Fsp3) is 0. The molecule has 0 unspecified atom stereocenters. The average Bonchev–Trinajstić information content (AvgIpc) is 2.54. The monoisotopic (exact) mass is 388 g/mol. The molecule has 10 heteroatoms. The molecular formula is C16H10N2Na2O5S. The molecule has 3 aromatic rings. The Labute approximate surface area is 194 Å². The second-order valence-electron chi connectivity index (χ2n) is 4.94. The van der Waals surface area contributed by atoms with Crippen LogP contribution in [0.25, 0.3) is 10.8 Å². The molecule has 3 aromatic carbocycles. The van der Waals surface area contributed by atoms with Gasteiger partial charge in [-0.05, 0) is 23.6 Å². The van der Waals surface area contributed by atoms with Crippen molar-refractivity contribution in [1.29, 1.82) is 0 Å².